The van der Waals surface area contributed by atoms with E-state index in [1.54, 1.807) is 0 Å². The van der Waals surface area contributed by atoms with E-state index in [-0.39, 0.29) is 44.0 Å². The number of hydrogen-bond donors (Lipinski definition) is 0. The van der Waals surface area contributed by atoms with Gasteiger partial charge in [0.25, 0.3) is 0 Å². The molecule has 0 fully saturated rings. The molecule has 70 heavy (non-hydrogen) atoms. The third-order valence-electron chi connectivity index (χ3n) is 10.4. The van der Waals surface area contributed by atoms with Gasteiger partial charge in [0, 0.05) is 19.3 Å². The van der Waals surface area contributed by atoms with Crippen molar-refractivity contribution in [2.45, 2.75) is 187 Å². The topological polar surface area (TPSA) is 78.9 Å². The van der Waals surface area contributed by atoms with Crippen LogP contribution in [0.25, 0.3) is 0 Å². The zero-order chi connectivity index (χ0) is 50.7. The highest BCUT2D eigenvalue weighted by Gasteiger charge is 2.19. The highest BCUT2D eigenvalue weighted by Crippen LogP contribution is 2.11. The van der Waals surface area contributed by atoms with Gasteiger partial charge in [0.2, 0.25) is 0 Å². The summed E-state index contributed by atoms with van der Waals surface area (Å²) >= 11 is 0. The molecule has 0 aromatic rings. The molecule has 0 aliphatic heterocycles. The Morgan fingerprint density at radius 3 is 1.10 bits per heavy atom. The lowest BCUT2D eigenvalue weighted by molar-refractivity contribution is -0.167. The molecule has 1 unspecified atom stereocenters. The van der Waals surface area contributed by atoms with Crippen LogP contribution in [-0.2, 0) is 28.6 Å². The molecule has 0 aromatic carbocycles. The van der Waals surface area contributed by atoms with Gasteiger partial charge in [-0.3, -0.25) is 14.4 Å². The summed E-state index contributed by atoms with van der Waals surface area (Å²) in [6.45, 7) is 6.20. The summed E-state index contributed by atoms with van der Waals surface area (Å²) in [5.41, 5.74) is 0. The summed E-state index contributed by atoms with van der Waals surface area (Å²) in [5, 5.41) is 0. The minimum absolute atomic E-state index is 0.137. The van der Waals surface area contributed by atoms with Gasteiger partial charge in [0.05, 0.1) is 0 Å². The van der Waals surface area contributed by atoms with Crippen molar-refractivity contribution in [3.63, 3.8) is 0 Å². The maximum absolute atomic E-state index is 12.8. The van der Waals surface area contributed by atoms with Gasteiger partial charge in [-0.1, -0.05) is 242 Å². The quantitative estimate of drug-likeness (QED) is 0.0199. The second-order valence-electron chi connectivity index (χ2n) is 16.9. The van der Waals surface area contributed by atoms with Crippen LogP contribution in [0.2, 0.25) is 0 Å². The molecule has 386 valence electrons. The molecule has 0 heterocycles. The van der Waals surface area contributed by atoms with E-state index in [2.05, 4.69) is 142 Å². The molecule has 0 aliphatic rings. The molecule has 0 radical (unpaired) electrons. The van der Waals surface area contributed by atoms with E-state index < -0.39 is 6.10 Å². The summed E-state index contributed by atoms with van der Waals surface area (Å²) in [7, 11) is 0. The molecule has 0 aromatic heterocycles. The number of allylic oxidation sites excluding steroid dienone is 30. The van der Waals surface area contributed by atoms with E-state index in [4.69, 9.17) is 14.2 Å². The zero-order valence-electron chi connectivity index (χ0n) is 43.9. The highest BCUT2D eigenvalue weighted by molar-refractivity contribution is 5.71. The van der Waals surface area contributed by atoms with Crippen molar-refractivity contribution in [3.05, 3.63) is 182 Å². The Kier molecular flexibility index (Phi) is 51.7. The third-order valence-corrected chi connectivity index (χ3v) is 10.4. The fourth-order valence-electron chi connectivity index (χ4n) is 6.40. The lowest BCUT2D eigenvalue weighted by Crippen LogP contribution is -2.30. The standard InChI is InChI=1S/C64H94O6/c1-4-7-10-13-16-19-22-25-28-31-34-36-39-42-45-48-51-54-57-63(66)69-60-61(70-64(67)58-55-52-49-46-43-40-37-33-30-27-24-21-18-15-12-9-6-3)59-68-62(65)56-53-50-47-44-41-38-35-32-29-26-23-20-17-14-11-8-5-2/h8-9,11-12,15-22,24-31,33-38,40,43-44,47,61H,4-7,10,13-14,23,32,39,41-42,45-46,48-60H2,1-3H3/b11-8-,12-9-,18-15-,19-16-,20-17-,24-21-,25-22-,29-26-,30-27-,31-28-,36-34-,37-33+,38-35-,43-40-,47-44-. The molecule has 0 amide bonds. The molecule has 0 saturated carbocycles. The van der Waals surface area contributed by atoms with Crippen LogP contribution in [0.4, 0.5) is 0 Å². The van der Waals surface area contributed by atoms with Crippen LogP contribution in [-0.4, -0.2) is 37.2 Å². The number of carbonyl (C=O) groups excluding carboxylic acids is 3. The van der Waals surface area contributed by atoms with E-state index in [0.717, 1.165) is 109 Å². The Morgan fingerprint density at radius 2 is 0.643 bits per heavy atom. The largest absolute Gasteiger partial charge is 0.462 e. The fraction of sp³-hybridized carbons (Fsp3) is 0.484. The van der Waals surface area contributed by atoms with E-state index in [0.29, 0.717) is 19.3 Å². The van der Waals surface area contributed by atoms with E-state index >= 15 is 0 Å². The van der Waals surface area contributed by atoms with Crippen LogP contribution in [0.15, 0.2) is 182 Å². The van der Waals surface area contributed by atoms with Gasteiger partial charge in [-0.25, -0.2) is 0 Å². The summed E-state index contributed by atoms with van der Waals surface area (Å²) in [4.78, 5) is 38.1. The van der Waals surface area contributed by atoms with Crippen molar-refractivity contribution >= 4 is 17.9 Å². The van der Waals surface area contributed by atoms with Crippen LogP contribution in [0.5, 0.6) is 0 Å². The fourth-order valence-corrected chi connectivity index (χ4v) is 6.40. The lowest BCUT2D eigenvalue weighted by atomic mass is 10.1. The summed E-state index contributed by atoms with van der Waals surface area (Å²) in [6, 6.07) is 0. The highest BCUT2D eigenvalue weighted by atomic mass is 16.6. The molecule has 6 nitrogen and oxygen atoms in total. The smallest absolute Gasteiger partial charge is 0.306 e. The Hall–Kier alpha value is -5.49. The minimum Gasteiger partial charge on any atom is -0.462 e. The Balaban J connectivity index is 4.67. The zero-order valence-corrected chi connectivity index (χ0v) is 43.9. The Morgan fingerprint density at radius 1 is 0.314 bits per heavy atom. The second-order valence-corrected chi connectivity index (χ2v) is 16.9. The van der Waals surface area contributed by atoms with Crippen molar-refractivity contribution in [3.8, 4) is 0 Å². The van der Waals surface area contributed by atoms with Crippen LogP contribution >= 0.6 is 0 Å². The van der Waals surface area contributed by atoms with Gasteiger partial charge in [0.15, 0.2) is 6.10 Å². The molecule has 0 aliphatic carbocycles. The van der Waals surface area contributed by atoms with Gasteiger partial charge >= 0.3 is 17.9 Å². The molecular formula is C64H94O6. The maximum Gasteiger partial charge on any atom is 0.306 e. The van der Waals surface area contributed by atoms with Crippen molar-refractivity contribution in [2.75, 3.05) is 13.2 Å². The van der Waals surface area contributed by atoms with Crippen molar-refractivity contribution in [2.24, 2.45) is 0 Å². The van der Waals surface area contributed by atoms with Gasteiger partial charge < -0.3 is 14.2 Å². The van der Waals surface area contributed by atoms with Crippen molar-refractivity contribution < 1.29 is 28.6 Å². The molecule has 0 rings (SSSR count). The summed E-state index contributed by atoms with van der Waals surface area (Å²) < 4.78 is 16.7. The van der Waals surface area contributed by atoms with E-state index in [1.807, 2.05) is 60.8 Å². The molecule has 0 spiro atoms. The molecule has 1 atom stereocenters. The summed E-state index contributed by atoms with van der Waals surface area (Å²) in [5.74, 6) is -1.08. The summed E-state index contributed by atoms with van der Waals surface area (Å²) in [6.07, 6.45) is 84.4. The Labute approximate surface area is 427 Å². The number of carbonyl (C=O) groups is 3. The molecular weight excluding hydrogens is 865 g/mol. The predicted octanol–water partition coefficient (Wildman–Crippen LogP) is 18.1. The molecule has 6 heteroatoms. The number of hydrogen-bond acceptors (Lipinski definition) is 6. The second kappa shape index (κ2) is 56.1. The number of esters is 3. The average molecular weight is 959 g/mol. The maximum atomic E-state index is 12.8. The van der Waals surface area contributed by atoms with Gasteiger partial charge in [-0.2, -0.15) is 0 Å². The number of unbranched alkanes of at least 4 members (excludes halogenated alkanes) is 12. The molecule has 0 bridgehead atoms. The SMILES string of the molecule is CC\C=C/C=C\C=C/C=C\C=C\C=C/CCCCCC(=O)OC(COC(=O)CCC/C=C\C/C=C\C/C=C\C/C=C\C/C=C\CC)COC(=O)CCCCCCC\C=C/C=C\C=C/C=C\CCCCC. The lowest BCUT2D eigenvalue weighted by Gasteiger charge is -2.18. The van der Waals surface area contributed by atoms with Crippen LogP contribution in [0.1, 0.15) is 181 Å². The third kappa shape index (κ3) is 53.5. The molecule has 0 saturated heterocycles. The van der Waals surface area contributed by atoms with Gasteiger partial charge in [0.1, 0.15) is 13.2 Å². The van der Waals surface area contributed by atoms with Crippen molar-refractivity contribution in [1.29, 1.82) is 0 Å². The first-order valence-corrected chi connectivity index (χ1v) is 26.9. The van der Waals surface area contributed by atoms with Gasteiger partial charge in [-0.15, -0.1) is 0 Å². The van der Waals surface area contributed by atoms with E-state index in [1.165, 1.54) is 19.3 Å². The Bertz CT molecular complexity index is 1720. The first kappa shape index (κ1) is 64.5. The normalized spacial score (nSPS) is 13.6. The minimum atomic E-state index is -0.846. The van der Waals surface area contributed by atoms with Crippen LogP contribution < -0.4 is 0 Å². The van der Waals surface area contributed by atoms with Crippen molar-refractivity contribution in [1.82, 2.24) is 0 Å². The predicted molar refractivity (Wildman–Crippen MR) is 301 cm³/mol. The van der Waals surface area contributed by atoms with Gasteiger partial charge in [-0.05, 0) is 103 Å². The average Bonchev–Trinajstić information content (AvgIpc) is 3.36. The first-order valence-electron chi connectivity index (χ1n) is 26.9. The van der Waals surface area contributed by atoms with Crippen LogP contribution in [0, 0.1) is 0 Å². The van der Waals surface area contributed by atoms with E-state index in [9.17, 15) is 14.4 Å². The first-order chi connectivity index (χ1) is 34.5. The monoisotopic (exact) mass is 959 g/mol. The molecule has 0 N–H and O–H groups in total. The number of ether oxygens (including phenoxy) is 3. The number of rotatable bonds is 45. The van der Waals surface area contributed by atoms with Crippen LogP contribution in [0.3, 0.4) is 0 Å².